The first-order chi connectivity index (χ1) is 12.6. The third-order valence-electron chi connectivity index (χ3n) is 4.69. The number of hydrogen-bond donors (Lipinski definition) is 1. The standard InChI is InChI=1S/C20H23N3O2S/c1-14-9-16(15(2)23(14)13-18-5-3-7-25-18)10-17(11-21)20(24)22-12-19-6-4-8-26-19/h4,6,8-10,18H,3,5,7,12-13H2,1-2H3,(H,22,24)/b17-10+/t18-/m0/s1. The van der Waals surface area contributed by atoms with Crippen LogP contribution in [0.4, 0.5) is 0 Å². The third-order valence-corrected chi connectivity index (χ3v) is 5.57. The van der Waals surface area contributed by atoms with Crippen molar-refractivity contribution in [1.29, 1.82) is 5.26 Å². The molecule has 1 atom stereocenters. The van der Waals surface area contributed by atoms with Crippen LogP contribution in [0.25, 0.3) is 6.08 Å². The molecule has 1 fully saturated rings. The minimum Gasteiger partial charge on any atom is -0.376 e. The fraction of sp³-hybridized carbons (Fsp3) is 0.400. The van der Waals surface area contributed by atoms with Gasteiger partial charge in [0.05, 0.1) is 12.6 Å². The molecule has 1 amide bonds. The van der Waals surface area contributed by atoms with Crippen LogP contribution in [0.15, 0.2) is 29.2 Å². The molecule has 0 aliphatic carbocycles. The minimum absolute atomic E-state index is 0.124. The molecule has 1 aliphatic heterocycles. The van der Waals surface area contributed by atoms with E-state index in [1.54, 1.807) is 17.4 Å². The number of thiophene rings is 1. The minimum atomic E-state index is -0.343. The summed E-state index contributed by atoms with van der Waals surface area (Å²) >= 11 is 1.58. The second kappa shape index (κ2) is 8.35. The van der Waals surface area contributed by atoms with Crippen molar-refractivity contribution < 1.29 is 9.53 Å². The Morgan fingerprint density at radius 3 is 3.04 bits per heavy atom. The number of hydrogen-bond acceptors (Lipinski definition) is 4. The van der Waals surface area contributed by atoms with Crippen LogP contribution >= 0.6 is 11.3 Å². The molecule has 5 nitrogen and oxygen atoms in total. The van der Waals surface area contributed by atoms with E-state index in [0.717, 1.165) is 47.8 Å². The first-order valence-electron chi connectivity index (χ1n) is 8.79. The van der Waals surface area contributed by atoms with E-state index in [4.69, 9.17) is 4.74 Å². The van der Waals surface area contributed by atoms with Crippen LogP contribution in [0.5, 0.6) is 0 Å². The first kappa shape index (κ1) is 18.4. The second-order valence-corrected chi connectivity index (χ2v) is 7.54. The molecule has 2 aromatic heterocycles. The molecule has 1 N–H and O–H groups in total. The highest BCUT2D eigenvalue weighted by atomic mass is 32.1. The molecule has 0 radical (unpaired) electrons. The van der Waals surface area contributed by atoms with Gasteiger partial charge in [0.15, 0.2) is 0 Å². The molecule has 3 rings (SSSR count). The lowest BCUT2D eigenvalue weighted by atomic mass is 10.1. The van der Waals surface area contributed by atoms with Crippen LogP contribution < -0.4 is 5.32 Å². The van der Waals surface area contributed by atoms with Gasteiger partial charge in [-0.2, -0.15) is 5.26 Å². The van der Waals surface area contributed by atoms with Gasteiger partial charge in [-0.05, 0) is 55.8 Å². The molecule has 0 bridgehead atoms. The lowest BCUT2D eigenvalue weighted by molar-refractivity contribution is -0.117. The molecule has 1 saturated heterocycles. The summed E-state index contributed by atoms with van der Waals surface area (Å²) in [6.07, 6.45) is 4.12. The number of ether oxygens (including phenoxy) is 1. The van der Waals surface area contributed by atoms with Crippen LogP contribution in [0.3, 0.4) is 0 Å². The van der Waals surface area contributed by atoms with Crippen molar-refractivity contribution in [3.63, 3.8) is 0 Å². The fourth-order valence-electron chi connectivity index (χ4n) is 3.23. The molecule has 3 heterocycles. The molecule has 26 heavy (non-hydrogen) atoms. The SMILES string of the molecule is Cc1cc(/C=C(\C#N)C(=O)NCc2cccs2)c(C)n1C[C@@H]1CCCO1. The van der Waals surface area contributed by atoms with E-state index in [9.17, 15) is 10.1 Å². The average Bonchev–Trinajstić information content (AvgIpc) is 3.37. The second-order valence-electron chi connectivity index (χ2n) is 6.50. The largest absolute Gasteiger partial charge is 0.376 e. The van der Waals surface area contributed by atoms with Gasteiger partial charge in [0, 0.05) is 29.4 Å². The van der Waals surface area contributed by atoms with Crippen LogP contribution in [0.1, 0.15) is 34.7 Å². The van der Waals surface area contributed by atoms with Gasteiger partial charge in [-0.25, -0.2) is 0 Å². The third kappa shape index (κ3) is 4.24. The molecule has 0 aromatic carbocycles. The number of nitriles is 1. The van der Waals surface area contributed by atoms with Crippen LogP contribution in [0, 0.1) is 25.2 Å². The van der Waals surface area contributed by atoms with Crippen molar-refractivity contribution in [3.8, 4) is 6.07 Å². The van der Waals surface area contributed by atoms with Gasteiger partial charge < -0.3 is 14.6 Å². The van der Waals surface area contributed by atoms with Crippen molar-refractivity contribution in [2.75, 3.05) is 6.61 Å². The van der Waals surface area contributed by atoms with Gasteiger partial charge >= 0.3 is 0 Å². The van der Waals surface area contributed by atoms with Crippen molar-refractivity contribution >= 4 is 23.3 Å². The maximum absolute atomic E-state index is 12.3. The fourth-order valence-corrected chi connectivity index (χ4v) is 3.87. The summed E-state index contributed by atoms with van der Waals surface area (Å²) < 4.78 is 7.94. The maximum Gasteiger partial charge on any atom is 0.262 e. The molecule has 6 heteroatoms. The number of aryl methyl sites for hydroxylation is 1. The highest BCUT2D eigenvalue weighted by Gasteiger charge is 2.19. The van der Waals surface area contributed by atoms with Crippen LogP contribution in [0.2, 0.25) is 0 Å². The monoisotopic (exact) mass is 369 g/mol. The summed E-state index contributed by atoms with van der Waals surface area (Å²) in [6.45, 7) is 6.15. The lowest BCUT2D eigenvalue weighted by Gasteiger charge is -2.14. The Labute approximate surface area is 157 Å². The number of nitrogens with one attached hydrogen (secondary N) is 1. The number of aromatic nitrogens is 1. The summed E-state index contributed by atoms with van der Waals surface area (Å²) in [4.78, 5) is 13.4. The zero-order valence-corrected chi connectivity index (χ0v) is 15.9. The Morgan fingerprint density at radius 2 is 2.38 bits per heavy atom. The van der Waals surface area contributed by atoms with Gasteiger partial charge in [0.1, 0.15) is 11.6 Å². The Hall–Kier alpha value is -2.36. The molecule has 136 valence electrons. The van der Waals surface area contributed by atoms with Gasteiger partial charge in [-0.3, -0.25) is 4.79 Å². The van der Waals surface area contributed by atoms with E-state index in [-0.39, 0.29) is 17.6 Å². The molecular formula is C20H23N3O2S. The summed E-state index contributed by atoms with van der Waals surface area (Å²) in [5.41, 5.74) is 3.19. The number of rotatable bonds is 6. The van der Waals surface area contributed by atoms with E-state index >= 15 is 0 Å². The van der Waals surface area contributed by atoms with Crippen LogP contribution in [-0.2, 0) is 22.6 Å². The quantitative estimate of drug-likeness (QED) is 0.625. The van der Waals surface area contributed by atoms with E-state index < -0.39 is 0 Å². The molecule has 1 aliphatic rings. The molecule has 0 spiro atoms. The van der Waals surface area contributed by atoms with E-state index in [1.807, 2.05) is 43.5 Å². The van der Waals surface area contributed by atoms with Crippen molar-refractivity contribution in [3.05, 3.63) is 51.0 Å². The lowest BCUT2D eigenvalue weighted by Crippen LogP contribution is -2.23. The zero-order valence-electron chi connectivity index (χ0n) is 15.1. The predicted molar refractivity (Wildman–Crippen MR) is 103 cm³/mol. The van der Waals surface area contributed by atoms with E-state index in [0.29, 0.717) is 6.54 Å². The van der Waals surface area contributed by atoms with Crippen molar-refractivity contribution in [2.45, 2.75) is 45.9 Å². The topological polar surface area (TPSA) is 67.0 Å². The number of carbonyl (C=O) groups is 1. The van der Waals surface area contributed by atoms with Crippen molar-refractivity contribution in [2.24, 2.45) is 0 Å². The van der Waals surface area contributed by atoms with Gasteiger partial charge in [-0.15, -0.1) is 11.3 Å². The molecule has 0 saturated carbocycles. The average molecular weight is 369 g/mol. The molecular weight excluding hydrogens is 346 g/mol. The van der Waals surface area contributed by atoms with Gasteiger partial charge in [0.25, 0.3) is 5.91 Å². The Balaban J connectivity index is 1.73. The van der Waals surface area contributed by atoms with Crippen LogP contribution in [-0.4, -0.2) is 23.2 Å². The van der Waals surface area contributed by atoms with E-state index in [2.05, 4.69) is 9.88 Å². The summed E-state index contributed by atoms with van der Waals surface area (Å²) in [7, 11) is 0. The number of nitrogens with zero attached hydrogens (tertiary/aromatic N) is 2. The summed E-state index contributed by atoms with van der Waals surface area (Å²) in [6, 6.07) is 7.95. The van der Waals surface area contributed by atoms with Gasteiger partial charge in [-0.1, -0.05) is 6.07 Å². The van der Waals surface area contributed by atoms with Gasteiger partial charge in [0.2, 0.25) is 0 Å². The Morgan fingerprint density at radius 1 is 1.54 bits per heavy atom. The maximum atomic E-state index is 12.3. The summed E-state index contributed by atoms with van der Waals surface area (Å²) in [5, 5.41) is 14.2. The highest BCUT2D eigenvalue weighted by Crippen LogP contribution is 2.22. The Bertz CT molecular complexity index is 837. The predicted octanol–water partition coefficient (Wildman–Crippen LogP) is 3.57. The smallest absolute Gasteiger partial charge is 0.262 e. The number of amides is 1. The molecule has 2 aromatic rings. The molecule has 0 unspecified atom stereocenters. The Kier molecular flexibility index (Phi) is 5.92. The van der Waals surface area contributed by atoms with E-state index in [1.165, 1.54) is 0 Å². The number of carbonyl (C=O) groups excluding carboxylic acids is 1. The van der Waals surface area contributed by atoms with Crippen molar-refractivity contribution in [1.82, 2.24) is 9.88 Å². The normalized spacial score (nSPS) is 17.3. The summed E-state index contributed by atoms with van der Waals surface area (Å²) in [5.74, 6) is -0.343. The first-order valence-corrected chi connectivity index (χ1v) is 9.67. The zero-order chi connectivity index (χ0) is 18.5. The highest BCUT2D eigenvalue weighted by molar-refractivity contribution is 7.09.